The highest BCUT2D eigenvalue weighted by Crippen LogP contribution is 2.05. The molecule has 198 valence electrons. The van der Waals surface area contributed by atoms with Gasteiger partial charge in [0.15, 0.2) is 0 Å². The molecule has 0 heterocycles. The first kappa shape index (κ1) is 41.1. The fourth-order valence-electron chi connectivity index (χ4n) is 1.07. The smallest absolute Gasteiger partial charge is 0.330 e. The molecule has 0 aromatic rings. The molecule has 0 spiro atoms. The van der Waals surface area contributed by atoms with Crippen LogP contribution in [0.4, 0.5) is 0 Å². The molecule has 34 heavy (non-hydrogen) atoms. The Labute approximate surface area is 203 Å². The number of carbonyl (C=O) groups is 4. The Bertz CT molecular complexity index is 495. The second-order valence-corrected chi connectivity index (χ2v) is 7.19. The predicted molar refractivity (Wildman–Crippen MR) is 135 cm³/mol. The minimum Gasteiger partial charge on any atom is -0.478 e. The van der Waals surface area contributed by atoms with Crippen molar-refractivity contribution in [3.8, 4) is 0 Å². The summed E-state index contributed by atoms with van der Waals surface area (Å²) < 4.78 is 0. The lowest BCUT2D eigenvalue weighted by Gasteiger charge is -1.97. The van der Waals surface area contributed by atoms with Crippen LogP contribution in [0.5, 0.6) is 0 Å². The lowest BCUT2D eigenvalue weighted by molar-refractivity contribution is -0.133. The van der Waals surface area contributed by atoms with E-state index < -0.39 is 23.9 Å². The van der Waals surface area contributed by atoms with Gasteiger partial charge in [-0.3, -0.25) is 0 Å². The fraction of sp³-hybridized carbons (Fsp3) is 0.520. The van der Waals surface area contributed by atoms with Crippen molar-refractivity contribution in [2.24, 2.45) is 0 Å². The summed E-state index contributed by atoms with van der Waals surface area (Å²) in [5, 5.41) is 40.0. The summed E-state index contributed by atoms with van der Waals surface area (Å²) in [5.41, 5.74) is 0.704. The molecule has 5 N–H and O–H groups in total. The molecule has 0 saturated heterocycles. The number of unbranched alkanes of at least 4 members (excludes halogenated alkanes) is 6. The highest BCUT2D eigenvalue weighted by Gasteiger charge is 1.92. The SMILES string of the molecule is C=C(C)C(=O)O.C=C(C)C(=O)O.C=C(C)C(=O)O.C=C(C)C(=O)O.CCCCCCCCCO. The van der Waals surface area contributed by atoms with Crippen LogP contribution in [0.15, 0.2) is 48.6 Å². The summed E-state index contributed by atoms with van der Waals surface area (Å²) in [4.78, 5) is 38.4. The van der Waals surface area contributed by atoms with Crippen molar-refractivity contribution in [2.75, 3.05) is 6.61 Å². The van der Waals surface area contributed by atoms with E-state index in [1.165, 1.54) is 66.2 Å². The summed E-state index contributed by atoms with van der Waals surface area (Å²) in [7, 11) is 0. The standard InChI is InChI=1S/C9H20O.4C4H6O2/c1-2-3-4-5-6-7-8-9-10;4*1-3(2)4(5)6/h10H,2-9H2,1H3;4*1H2,2H3,(H,5,6). The third kappa shape index (κ3) is 56.8. The molecule has 9 nitrogen and oxygen atoms in total. The van der Waals surface area contributed by atoms with E-state index in [0.29, 0.717) is 6.61 Å². The Morgan fingerprint density at radius 2 is 0.676 bits per heavy atom. The van der Waals surface area contributed by atoms with Crippen LogP contribution >= 0.6 is 0 Å². The van der Waals surface area contributed by atoms with Crippen LogP contribution in [0.1, 0.15) is 79.6 Å². The van der Waals surface area contributed by atoms with Crippen molar-refractivity contribution >= 4 is 23.9 Å². The van der Waals surface area contributed by atoms with Crippen LogP contribution in [0.2, 0.25) is 0 Å². The zero-order chi connectivity index (χ0) is 28.3. The van der Waals surface area contributed by atoms with Gasteiger partial charge in [-0.2, -0.15) is 0 Å². The van der Waals surface area contributed by atoms with E-state index in [2.05, 4.69) is 33.2 Å². The van der Waals surface area contributed by atoms with Crippen LogP contribution in [0.3, 0.4) is 0 Å². The molecule has 0 bridgehead atoms. The quantitative estimate of drug-likeness (QED) is 0.191. The maximum Gasteiger partial charge on any atom is 0.330 e. The third-order valence-electron chi connectivity index (χ3n) is 3.22. The minimum atomic E-state index is -0.935. The molecular weight excluding hydrogens is 444 g/mol. The molecule has 0 aliphatic heterocycles. The molecule has 0 saturated carbocycles. The van der Waals surface area contributed by atoms with Crippen LogP contribution in [0, 0.1) is 0 Å². The molecule has 0 aromatic carbocycles. The average molecular weight is 489 g/mol. The third-order valence-corrected chi connectivity index (χ3v) is 3.22. The lowest BCUT2D eigenvalue weighted by atomic mass is 10.1. The van der Waals surface area contributed by atoms with Gasteiger partial charge in [0.2, 0.25) is 0 Å². The van der Waals surface area contributed by atoms with Crippen molar-refractivity contribution in [1.29, 1.82) is 0 Å². The second kappa shape index (κ2) is 29.8. The molecule has 0 rings (SSSR count). The topological polar surface area (TPSA) is 169 Å². The van der Waals surface area contributed by atoms with Crippen LogP contribution in [-0.2, 0) is 19.2 Å². The average Bonchev–Trinajstić information content (AvgIpc) is 2.72. The lowest BCUT2D eigenvalue weighted by Crippen LogP contribution is -1.92. The zero-order valence-corrected chi connectivity index (χ0v) is 21.4. The molecule has 0 fully saturated rings. The molecule has 0 aromatic heterocycles. The van der Waals surface area contributed by atoms with Gasteiger partial charge >= 0.3 is 23.9 Å². The Balaban J connectivity index is -0.000000105. The maximum atomic E-state index is 9.60. The van der Waals surface area contributed by atoms with Crippen molar-refractivity contribution in [1.82, 2.24) is 0 Å². The number of hydrogen-bond acceptors (Lipinski definition) is 5. The summed E-state index contributed by atoms with van der Waals surface area (Å²) in [6, 6.07) is 0. The molecular formula is C25H44O9. The Kier molecular flexibility index (Phi) is 36.0. The molecule has 0 aliphatic rings. The normalized spacial score (nSPS) is 8.29. The Hall–Kier alpha value is -3.20. The first-order chi connectivity index (χ1) is 15.5. The molecule has 9 heteroatoms. The van der Waals surface area contributed by atoms with E-state index in [9.17, 15) is 19.2 Å². The van der Waals surface area contributed by atoms with E-state index in [1.54, 1.807) is 0 Å². The summed E-state index contributed by atoms with van der Waals surface area (Å²) >= 11 is 0. The monoisotopic (exact) mass is 488 g/mol. The highest BCUT2D eigenvalue weighted by atomic mass is 16.4. The van der Waals surface area contributed by atoms with Gasteiger partial charge in [-0.05, 0) is 34.1 Å². The van der Waals surface area contributed by atoms with Gasteiger partial charge in [0.05, 0.1) is 0 Å². The first-order valence-electron chi connectivity index (χ1n) is 10.6. The summed E-state index contributed by atoms with van der Waals surface area (Å²) in [6.07, 6.45) is 8.93. The summed E-state index contributed by atoms with van der Waals surface area (Å²) in [6.45, 7) is 21.0. The molecule has 0 radical (unpaired) electrons. The zero-order valence-electron chi connectivity index (χ0n) is 21.4. The molecule has 0 aliphatic carbocycles. The minimum absolute atomic E-state index is 0.176. The second-order valence-electron chi connectivity index (χ2n) is 7.19. The Morgan fingerprint density at radius 3 is 0.824 bits per heavy atom. The first-order valence-corrected chi connectivity index (χ1v) is 10.6. The van der Waals surface area contributed by atoms with Gasteiger partial charge in [0, 0.05) is 28.9 Å². The fourth-order valence-corrected chi connectivity index (χ4v) is 1.07. The number of aliphatic hydroxyl groups excluding tert-OH is 1. The largest absolute Gasteiger partial charge is 0.478 e. The highest BCUT2D eigenvalue weighted by molar-refractivity contribution is 5.85. The van der Waals surface area contributed by atoms with E-state index in [-0.39, 0.29) is 22.3 Å². The number of carboxylic acid groups (broad SMARTS) is 4. The Morgan fingerprint density at radius 1 is 0.500 bits per heavy atom. The van der Waals surface area contributed by atoms with Gasteiger partial charge < -0.3 is 25.5 Å². The summed E-state index contributed by atoms with van der Waals surface area (Å²) in [5.74, 6) is -3.74. The number of hydrogen-bond donors (Lipinski definition) is 5. The van der Waals surface area contributed by atoms with E-state index in [1.807, 2.05) is 0 Å². The molecule has 0 atom stereocenters. The molecule has 0 unspecified atom stereocenters. The van der Waals surface area contributed by atoms with Crippen molar-refractivity contribution in [3.05, 3.63) is 48.6 Å². The van der Waals surface area contributed by atoms with E-state index in [4.69, 9.17) is 25.5 Å². The van der Waals surface area contributed by atoms with Crippen molar-refractivity contribution < 1.29 is 44.7 Å². The van der Waals surface area contributed by atoms with Gasteiger partial charge in [-0.1, -0.05) is 71.8 Å². The van der Waals surface area contributed by atoms with Crippen LogP contribution in [-0.4, -0.2) is 56.0 Å². The van der Waals surface area contributed by atoms with Crippen LogP contribution in [0.25, 0.3) is 0 Å². The van der Waals surface area contributed by atoms with E-state index in [0.717, 1.165) is 6.42 Å². The van der Waals surface area contributed by atoms with Gasteiger partial charge in [0.1, 0.15) is 0 Å². The van der Waals surface area contributed by atoms with Crippen LogP contribution < -0.4 is 0 Å². The van der Waals surface area contributed by atoms with Gasteiger partial charge in [0.25, 0.3) is 0 Å². The number of rotatable bonds is 11. The maximum absolute atomic E-state index is 9.60. The number of aliphatic hydroxyl groups is 1. The van der Waals surface area contributed by atoms with Crippen molar-refractivity contribution in [2.45, 2.75) is 79.6 Å². The van der Waals surface area contributed by atoms with Gasteiger partial charge in [-0.25, -0.2) is 19.2 Å². The van der Waals surface area contributed by atoms with E-state index >= 15 is 0 Å². The molecule has 0 amide bonds. The number of carboxylic acids is 4. The van der Waals surface area contributed by atoms with Gasteiger partial charge in [-0.15, -0.1) is 0 Å². The number of aliphatic carboxylic acids is 4. The predicted octanol–water partition coefficient (Wildman–Crippen LogP) is 5.32. The van der Waals surface area contributed by atoms with Crippen molar-refractivity contribution in [3.63, 3.8) is 0 Å².